The van der Waals surface area contributed by atoms with Crippen molar-refractivity contribution in [2.24, 2.45) is 0 Å². The SMILES string of the molecule is CC(=O)CCc1cc(C)cc(CS(=O)(=O)Oc2ccccc2-c2cncnc2)c1. The lowest BCUT2D eigenvalue weighted by atomic mass is 10.0. The zero-order valence-corrected chi connectivity index (χ0v) is 17.1. The molecule has 0 radical (unpaired) electrons. The third-order valence-corrected chi connectivity index (χ3v) is 5.40. The number of benzene rings is 2. The first-order valence-corrected chi connectivity index (χ1v) is 10.8. The molecule has 0 saturated heterocycles. The number of nitrogens with zero attached hydrogens (tertiary/aromatic N) is 2. The van der Waals surface area contributed by atoms with E-state index in [1.54, 1.807) is 43.6 Å². The summed E-state index contributed by atoms with van der Waals surface area (Å²) in [4.78, 5) is 19.2. The van der Waals surface area contributed by atoms with Crippen LogP contribution in [0.25, 0.3) is 11.1 Å². The van der Waals surface area contributed by atoms with E-state index in [2.05, 4.69) is 9.97 Å². The highest BCUT2D eigenvalue weighted by molar-refractivity contribution is 7.86. The number of carbonyl (C=O) groups is 1. The molecule has 6 nitrogen and oxygen atoms in total. The van der Waals surface area contributed by atoms with Crippen molar-refractivity contribution in [3.8, 4) is 16.9 Å². The van der Waals surface area contributed by atoms with Gasteiger partial charge in [-0.2, -0.15) is 8.42 Å². The number of ketones is 1. The Morgan fingerprint density at radius 1 is 1.03 bits per heavy atom. The molecule has 0 aliphatic carbocycles. The van der Waals surface area contributed by atoms with Crippen LogP contribution >= 0.6 is 0 Å². The lowest BCUT2D eigenvalue weighted by Crippen LogP contribution is -2.13. The molecule has 0 spiro atoms. The molecule has 0 aliphatic heterocycles. The van der Waals surface area contributed by atoms with Crippen molar-refractivity contribution in [2.45, 2.75) is 32.4 Å². The summed E-state index contributed by atoms with van der Waals surface area (Å²) in [5, 5.41) is 0. The van der Waals surface area contributed by atoms with Crippen molar-refractivity contribution in [1.82, 2.24) is 9.97 Å². The number of rotatable bonds is 8. The van der Waals surface area contributed by atoms with E-state index in [9.17, 15) is 13.2 Å². The number of Topliss-reactive ketones (excluding diaryl/α,β-unsaturated/α-hetero) is 1. The van der Waals surface area contributed by atoms with Crippen molar-refractivity contribution >= 4 is 15.9 Å². The summed E-state index contributed by atoms with van der Waals surface area (Å²) in [5.74, 6) is 0.0683. The van der Waals surface area contributed by atoms with Gasteiger partial charge in [0.15, 0.2) is 5.75 Å². The fourth-order valence-corrected chi connectivity index (χ4v) is 4.14. The highest BCUT2D eigenvalue weighted by atomic mass is 32.2. The van der Waals surface area contributed by atoms with Gasteiger partial charge in [0.25, 0.3) is 0 Å². The smallest absolute Gasteiger partial charge is 0.313 e. The van der Waals surface area contributed by atoms with Crippen LogP contribution in [-0.4, -0.2) is 24.2 Å². The highest BCUT2D eigenvalue weighted by Crippen LogP contribution is 2.30. The van der Waals surface area contributed by atoms with Crippen molar-refractivity contribution in [3.63, 3.8) is 0 Å². The Hall–Kier alpha value is -3.06. The number of carbonyl (C=O) groups excluding carboxylic acids is 1. The van der Waals surface area contributed by atoms with Crippen LogP contribution < -0.4 is 4.18 Å². The molecule has 1 aromatic heterocycles. The van der Waals surface area contributed by atoms with Crippen LogP contribution in [-0.2, 0) is 27.1 Å². The van der Waals surface area contributed by atoms with Crippen LogP contribution in [0.5, 0.6) is 5.75 Å². The molecule has 150 valence electrons. The number of aryl methyl sites for hydroxylation is 2. The number of para-hydroxylation sites is 1. The molecule has 0 saturated carbocycles. The Labute approximate surface area is 170 Å². The fraction of sp³-hybridized carbons (Fsp3) is 0.227. The van der Waals surface area contributed by atoms with Gasteiger partial charge in [-0.3, -0.25) is 0 Å². The highest BCUT2D eigenvalue weighted by Gasteiger charge is 2.18. The summed E-state index contributed by atoms with van der Waals surface area (Å²) >= 11 is 0. The Bertz CT molecular complexity index is 1110. The second-order valence-corrected chi connectivity index (χ2v) is 8.51. The van der Waals surface area contributed by atoms with E-state index >= 15 is 0 Å². The topological polar surface area (TPSA) is 86.2 Å². The van der Waals surface area contributed by atoms with Crippen molar-refractivity contribution < 1.29 is 17.4 Å². The zero-order chi connectivity index (χ0) is 20.9. The minimum absolute atomic E-state index is 0.102. The molecule has 7 heteroatoms. The predicted molar refractivity (Wildman–Crippen MR) is 111 cm³/mol. The molecule has 2 aromatic carbocycles. The molecule has 1 heterocycles. The molecule has 29 heavy (non-hydrogen) atoms. The zero-order valence-electron chi connectivity index (χ0n) is 16.3. The summed E-state index contributed by atoms with van der Waals surface area (Å²) < 4.78 is 30.9. The molecule has 0 atom stereocenters. The van der Waals surface area contributed by atoms with E-state index in [4.69, 9.17) is 4.18 Å². The van der Waals surface area contributed by atoms with E-state index in [-0.39, 0.29) is 17.3 Å². The molecular formula is C22H22N2O4S. The summed E-state index contributed by atoms with van der Waals surface area (Å²) in [6, 6.07) is 12.5. The van der Waals surface area contributed by atoms with Crippen molar-refractivity contribution in [1.29, 1.82) is 0 Å². The molecular weight excluding hydrogens is 388 g/mol. The molecule has 3 aromatic rings. The molecule has 0 aliphatic rings. The predicted octanol–water partition coefficient (Wildman–Crippen LogP) is 3.88. The second-order valence-electron chi connectivity index (χ2n) is 6.94. The largest absolute Gasteiger partial charge is 0.382 e. The van der Waals surface area contributed by atoms with Gasteiger partial charge in [-0.15, -0.1) is 0 Å². The van der Waals surface area contributed by atoms with E-state index in [1.807, 2.05) is 25.1 Å². The van der Waals surface area contributed by atoms with Gasteiger partial charge in [0, 0.05) is 29.9 Å². The average Bonchev–Trinajstić information content (AvgIpc) is 2.66. The van der Waals surface area contributed by atoms with Crippen LogP contribution in [0.2, 0.25) is 0 Å². The number of hydrogen-bond acceptors (Lipinski definition) is 6. The Morgan fingerprint density at radius 2 is 1.72 bits per heavy atom. The minimum atomic E-state index is -3.89. The van der Waals surface area contributed by atoms with Crippen molar-refractivity contribution in [3.05, 3.63) is 77.9 Å². The Morgan fingerprint density at radius 3 is 2.45 bits per heavy atom. The van der Waals surface area contributed by atoms with Gasteiger partial charge in [0.05, 0.1) is 0 Å². The number of hydrogen-bond donors (Lipinski definition) is 0. The first-order chi connectivity index (χ1) is 13.8. The quantitative estimate of drug-likeness (QED) is 0.524. The minimum Gasteiger partial charge on any atom is -0.382 e. The molecule has 0 N–H and O–H groups in total. The lowest BCUT2D eigenvalue weighted by molar-refractivity contribution is -0.116. The summed E-state index contributed by atoms with van der Waals surface area (Å²) in [6.45, 7) is 3.45. The summed E-state index contributed by atoms with van der Waals surface area (Å²) in [5.41, 5.74) is 3.78. The van der Waals surface area contributed by atoms with E-state index in [0.29, 0.717) is 29.5 Å². The third kappa shape index (κ3) is 5.96. The standard InChI is InChI=1S/C22H22N2O4S/c1-16-9-18(8-7-17(2)25)11-19(10-16)14-29(26,27)28-22-6-4-3-5-21(22)20-12-23-15-24-13-20/h3-6,9-13,15H,7-8,14H2,1-2H3. The van der Waals surface area contributed by atoms with Crippen molar-refractivity contribution in [2.75, 3.05) is 0 Å². The van der Waals surface area contributed by atoms with Gasteiger partial charge >= 0.3 is 10.1 Å². The third-order valence-electron chi connectivity index (χ3n) is 4.28. The molecule has 0 fully saturated rings. The Kier molecular flexibility index (Phi) is 6.39. The second kappa shape index (κ2) is 8.96. The van der Waals surface area contributed by atoms with Gasteiger partial charge in [-0.05, 0) is 37.5 Å². The maximum Gasteiger partial charge on any atom is 0.313 e. The van der Waals surface area contributed by atoms with Gasteiger partial charge in [0.2, 0.25) is 0 Å². The Balaban J connectivity index is 1.82. The van der Waals surface area contributed by atoms with Crippen LogP contribution in [0.1, 0.15) is 30.0 Å². The van der Waals surface area contributed by atoms with Crippen LogP contribution in [0.3, 0.4) is 0 Å². The van der Waals surface area contributed by atoms with E-state index in [1.165, 1.54) is 6.33 Å². The fourth-order valence-electron chi connectivity index (χ4n) is 3.08. The van der Waals surface area contributed by atoms with Gasteiger partial charge < -0.3 is 8.98 Å². The van der Waals surface area contributed by atoms with Gasteiger partial charge in [-0.25, -0.2) is 9.97 Å². The molecule has 0 unspecified atom stereocenters. The van der Waals surface area contributed by atoms with E-state index < -0.39 is 10.1 Å². The van der Waals surface area contributed by atoms with Gasteiger partial charge in [-0.1, -0.05) is 42.0 Å². The van der Waals surface area contributed by atoms with Crippen LogP contribution in [0.15, 0.2) is 61.2 Å². The number of aromatic nitrogens is 2. The molecule has 3 rings (SSSR count). The normalized spacial score (nSPS) is 11.2. The van der Waals surface area contributed by atoms with Crippen LogP contribution in [0, 0.1) is 6.92 Å². The first-order valence-electron chi connectivity index (χ1n) is 9.18. The summed E-state index contributed by atoms with van der Waals surface area (Å²) in [7, 11) is -3.89. The maximum absolute atomic E-state index is 12.7. The monoisotopic (exact) mass is 410 g/mol. The van der Waals surface area contributed by atoms with Gasteiger partial charge in [0.1, 0.15) is 17.9 Å². The molecule has 0 amide bonds. The summed E-state index contributed by atoms with van der Waals surface area (Å²) in [6.07, 6.45) is 5.62. The molecule has 0 bridgehead atoms. The lowest BCUT2D eigenvalue weighted by Gasteiger charge is -2.12. The first kappa shape index (κ1) is 20.7. The average molecular weight is 410 g/mol. The van der Waals surface area contributed by atoms with E-state index in [0.717, 1.165) is 11.1 Å². The maximum atomic E-state index is 12.7. The van der Waals surface area contributed by atoms with Crippen LogP contribution in [0.4, 0.5) is 0 Å².